The van der Waals surface area contributed by atoms with Crippen LogP contribution in [0.3, 0.4) is 0 Å². The molecule has 0 saturated carbocycles. The highest BCUT2D eigenvalue weighted by Crippen LogP contribution is 2.29. The lowest BCUT2D eigenvalue weighted by Crippen LogP contribution is -2.11. The molecule has 0 aromatic heterocycles. The molecule has 1 aromatic rings. The molecule has 0 fully saturated rings. The van der Waals surface area contributed by atoms with Crippen molar-refractivity contribution in [3.8, 4) is 5.75 Å². The van der Waals surface area contributed by atoms with Crippen LogP contribution in [-0.2, 0) is 4.79 Å². The van der Waals surface area contributed by atoms with Crippen molar-refractivity contribution in [2.75, 3.05) is 0 Å². The van der Waals surface area contributed by atoms with Crippen molar-refractivity contribution < 1.29 is 15.0 Å². The summed E-state index contributed by atoms with van der Waals surface area (Å²) in [4.78, 5) is 11.0. The topological polar surface area (TPSA) is 57.5 Å². The number of carboxylic acids is 1. The van der Waals surface area contributed by atoms with E-state index in [1.807, 2.05) is 6.92 Å². The summed E-state index contributed by atoms with van der Waals surface area (Å²) in [5, 5.41) is 18.6. The number of aliphatic carboxylic acids is 1. The molecule has 0 heterocycles. The normalized spacial score (nSPS) is 12.3. The van der Waals surface area contributed by atoms with Gasteiger partial charge in [-0.15, -0.1) is 0 Å². The van der Waals surface area contributed by atoms with Crippen LogP contribution in [0.5, 0.6) is 5.75 Å². The Labute approximate surface area is 89.4 Å². The zero-order valence-corrected chi connectivity index (χ0v) is 8.81. The summed E-state index contributed by atoms with van der Waals surface area (Å²) >= 11 is 0. The van der Waals surface area contributed by atoms with E-state index in [1.54, 1.807) is 18.2 Å². The number of carboxylic acid groups (broad SMARTS) is 1. The first-order valence-corrected chi connectivity index (χ1v) is 5.17. The molecule has 1 unspecified atom stereocenters. The van der Waals surface area contributed by atoms with Gasteiger partial charge in [-0.3, -0.25) is 4.79 Å². The molecule has 0 amide bonds. The van der Waals surface area contributed by atoms with E-state index in [-0.39, 0.29) is 5.75 Å². The predicted octanol–water partition coefficient (Wildman–Crippen LogP) is 2.75. The minimum Gasteiger partial charge on any atom is -0.508 e. The van der Waals surface area contributed by atoms with Gasteiger partial charge in [-0.2, -0.15) is 0 Å². The second kappa shape index (κ2) is 5.39. The van der Waals surface area contributed by atoms with Crippen molar-refractivity contribution in [3.05, 3.63) is 29.8 Å². The third kappa shape index (κ3) is 2.98. The van der Waals surface area contributed by atoms with E-state index < -0.39 is 11.9 Å². The van der Waals surface area contributed by atoms with Crippen LogP contribution in [0.25, 0.3) is 0 Å². The summed E-state index contributed by atoms with van der Waals surface area (Å²) in [5.41, 5.74) is 0.512. The second-order valence-electron chi connectivity index (χ2n) is 3.59. The van der Waals surface area contributed by atoms with E-state index in [0.717, 1.165) is 12.8 Å². The molecule has 0 aliphatic rings. The highest BCUT2D eigenvalue weighted by atomic mass is 16.4. The number of phenolic OH excluding ortho intramolecular Hbond substituents is 1. The number of phenols is 1. The highest BCUT2D eigenvalue weighted by molar-refractivity contribution is 5.77. The van der Waals surface area contributed by atoms with Gasteiger partial charge in [0.15, 0.2) is 0 Å². The summed E-state index contributed by atoms with van der Waals surface area (Å²) < 4.78 is 0. The van der Waals surface area contributed by atoms with E-state index in [4.69, 9.17) is 5.11 Å². The van der Waals surface area contributed by atoms with E-state index in [1.165, 1.54) is 6.07 Å². The summed E-state index contributed by atoms with van der Waals surface area (Å²) in [7, 11) is 0. The van der Waals surface area contributed by atoms with Gasteiger partial charge in [0.2, 0.25) is 0 Å². The highest BCUT2D eigenvalue weighted by Gasteiger charge is 2.21. The molecule has 82 valence electrons. The quantitative estimate of drug-likeness (QED) is 0.782. The molecule has 0 spiro atoms. The van der Waals surface area contributed by atoms with Crippen LogP contribution >= 0.6 is 0 Å². The summed E-state index contributed by atoms with van der Waals surface area (Å²) in [5.74, 6) is -1.39. The molecule has 0 radical (unpaired) electrons. The van der Waals surface area contributed by atoms with Gasteiger partial charge in [-0.1, -0.05) is 38.0 Å². The first kappa shape index (κ1) is 11.6. The van der Waals surface area contributed by atoms with Crippen LogP contribution in [0.4, 0.5) is 0 Å². The second-order valence-corrected chi connectivity index (χ2v) is 3.59. The van der Waals surface area contributed by atoms with Crippen LogP contribution < -0.4 is 0 Å². The minimum atomic E-state index is -0.870. The number of benzene rings is 1. The van der Waals surface area contributed by atoms with Gasteiger partial charge in [-0.25, -0.2) is 0 Å². The van der Waals surface area contributed by atoms with Gasteiger partial charge in [-0.05, 0) is 12.5 Å². The number of unbranched alkanes of at least 4 members (excludes halogenated alkanes) is 1. The Morgan fingerprint density at radius 2 is 2.07 bits per heavy atom. The van der Waals surface area contributed by atoms with Crippen LogP contribution in [0, 0.1) is 0 Å². The monoisotopic (exact) mass is 208 g/mol. The number of hydrogen-bond acceptors (Lipinski definition) is 2. The number of carbonyl (C=O) groups is 1. The maximum absolute atomic E-state index is 11.0. The Morgan fingerprint density at radius 3 is 2.60 bits per heavy atom. The molecular weight excluding hydrogens is 192 g/mol. The lowest BCUT2D eigenvalue weighted by Gasteiger charge is -2.13. The van der Waals surface area contributed by atoms with E-state index in [9.17, 15) is 9.90 Å². The first-order valence-electron chi connectivity index (χ1n) is 5.17. The molecule has 3 nitrogen and oxygen atoms in total. The molecule has 0 bridgehead atoms. The maximum Gasteiger partial charge on any atom is 0.311 e. The fourth-order valence-corrected chi connectivity index (χ4v) is 1.60. The number of hydrogen-bond donors (Lipinski definition) is 2. The molecule has 3 heteroatoms. The Hall–Kier alpha value is -1.51. The van der Waals surface area contributed by atoms with Gasteiger partial charge in [0.25, 0.3) is 0 Å². The van der Waals surface area contributed by atoms with Crippen molar-refractivity contribution in [2.45, 2.75) is 32.1 Å². The predicted molar refractivity (Wildman–Crippen MR) is 58.0 cm³/mol. The van der Waals surface area contributed by atoms with Crippen molar-refractivity contribution in [3.63, 3.8) is 0 Å². The van der Waals surface area contributed by atoms with Gasteiger partial charge < -0.3 is 10.2 Å². The average molecular weight is 208 g/mol. The molecular formula is C12H16O3. The summed E-state index contributed by atoms with van der Waals surface area (Å²) in [6.45, 7) is 2.02. The summed E-state index contributed by atoms with van der Waals surface area (Å²) in [6, 6.07) is 6.63. The zero-order valence-electron chi connectivity index (χ0n) is 8.81. The molecule has 1 aromatic carbocycles. The molecule has 0 saturated heterocycles. The van der Waals surface area contributed by atoms with Crippen LogP contribution in [0.1, 0.15) is 37.7 Å². The fourth-order valence-electron chi connectivity index (χ4n) is 1.60. The Kier molecular flexibility index (Phi) is 4.16. The van der Waals surface area contributed by atoms with Gasteiger partial charge in [0.05, 0.1) is 5.92 Å². The van der Waals surface area contributed by atoms with Crippen molar-refractivity contribution in [1.29, 1.82) is 0 Å². The Balaban J connectivity index is 2.89. The van der Waals surface area contributed by atoms with Crippen LogP contribution in [0.15, 0.2) is 24.3 Å². The number of para-hydroxylation sites is 1. The van der Waals surface area contributed by atoms with Gasteiger partial charge >= 0.3 is 5.97 Å². The molecule has 0 aliphatic carbocycles. The Bertz CT molecular complexity index is 333. The lowest BCUT2D eigenvalue weighted by molar-refractivity contribution is -0.139. The number of rotatable bonds is 5. The van der Waals surface area contributed by atoms with Gasteiger partial charge in [0, 0.05) is 5.56 Å². The van der Waals surface area contributed by atoms with Gasteiger partial charge in [0.1, 0.15) is 5.75 Å². The summed E-state index contributed by atoms with van der Waals surface area (Å²) in [6.07, 6.45) is 2.38. The lowest BCUT2D eigenvalue weighted by atomic mass is 9.93. The fraction of sp³-hybridized carbons (Fsp3) is 0.417. The molecule has 0 aliphatic heterocycles. The maximum atomic E-state index is 11.0. The first-order chi connectivity index (χ1) is 7.16. The largest absolute Gasteiger partial charge is 0.508 e. The molecule has 2 N–H and O–H groups in total. The third-order valence-electron chi connectivity index (χ3n) is 2.46. The number of aromatic hydroxyl groups is 1. The Morgan fingerprint density at radius 1 is 1.40 bits per heavy atom. The van der Waals surface area contributed by atoms with Crippen LogP contribution in [-0.4, -0.2) is 16.2 Å². The third-order valence-corrected chi connectivity index (χ3v) is 2.46. The average Bonchev–Trinajstić information content (AvgIpc) is 2.20. The van der Waals surface area contributed by atoms with E-state index in [2.05, 4.69) is 0 Å². The smallest absolute Gasteiger partial charge is 0.311 e. The molecule has 15 heavy (non-hydrogen) atoms. The van der Waals surface area contributed by atoms with Crippen molar-refractivity contribution in [2.24, 2.45) is 0 Å². The van der Waals surface area contributed by atoms with Crippen LogP contribution in [0.2, 0.25) is 0 Å². The van der Waals surface area contributed by atoms with Crippen molar-refractivity contribution in [1.82, 2.24) is 0 Å². The van der Waals surface area contributed by atoms with E-state index in [0.29, 0.717) is 12.0 Å². The SMILES string of the molecule is CCCCC(C(=O)O)c1ccccc1O. The van der Waals surface area contributed by atoms with E-state index >= 15 is 0 Å². The zero-order chi connectivity index (χ0) is 11.3. The van der Waals surface area contributed by atoms with Crippen molar-refractivity contribution >= 4 is 5.97 Å². The standard InChI is InChI=1S/C12H16O3/c1-2-3-6-10(12(14)15)9-7-4-5-8-11(9)13/h4-5,7-8,10,13H,2-3,6H2,1H3,(H,14,15). The molecule has 1 rings (SSSR count). The minimum absolute atomic E-state index is 0.0704. The molecule has 1 atom stereocenters.